The molecule has 0 bridgehead atoms. The van der Waals surface area contributed by atoms with Crippen LogP contribution in [0.5, 0.6) is 0 Å². The number of aryl methyl sites for hydroxylation is 1. The van der Waals surface area contributed by atoms with E-state index in [4.69, 9.17) is 0 Å². The van der Waals surface area contributed by atoms with Gasteiger partial charge in [0.15, 0.2) is 11.5 Å². The fraction of sp³-hybridized carbons (Fsp3) is 0.429. The largest absolute Gasteiger partial charge is 0.436 e. The monoisotopic (exact) mass is 270 g/mol. The fourth-order valence-corrected chi connectivity index (χ4v) is 1.90. The molecule has 78 valence electrons. The standard InChI is InChI=1S/C7H6BrF3N2O/c1-3(14)5-4(8)6(7(9,10)11)12-13(5)2/h1-2H3. The van der Waals surface area contributed by atoms with E-state index in [2.05, 4.69) is 21.0 Å². The first kappa shape index (κ1) is 11.2. The van der Waals surface area contributed by atoms with Crippen LogP contribution in [-0.2, 0) is 13.2 Å². The van der Waals surface area contributed by atoms with Gasteiger partial charge in [0, 0.05) is 14.0 Å². The molecule has 0 N–H and O–H groups in total. The summed E-state index contributed by atoms with van der Waals surface area (Å²) in [7, 11) is 1.29. The van der Waals surface area contributed by atoms with E-state index in [0.717, 1.165) is 4.68 Å². The third-order valence-electron chi connectivity index (χ3n) is 1.59. The van der Waals surface area contributed by atoms with Gasteiger partial charge in [-0.3, -0.25) is 9.48 Å². The predicted octanol–water partition coefficient (Wildman–Crippen LogP) is 2.40. The van der Waals surface area contributed by atoms with E-state index in [-0.39, 0.29) is 10.2 Å². The molecule has 0 saturated heterocycles. The van der Waals surface area contributed by atoms with Crippen LogP contribution in [0.2, 0.25) is 0 Å². The zero-order chi connectivity index (χ0) is 11.1. The summed E-state index contributed by atoms with van der Waals surface area (Å²) in [6.45, 7) is 1.18. The van der Waals surface area contributed by atoms with Crippen LogP contribution in [-0.4, -0.2) is 15.6 Å². The lowest BCUT2D eigenvalue weighted by molar-refractivity contribution is -0.142. The van der Waals surface area contributed by atoms with E-state index in [1.807, 2.05) is 0 Å². The zero-order valence-electron chi connectivity index (χ0n) is 7.31. The highest BCUT2D eigenvalue weighted by molar-refractivity contribution is 9.10. The topological polar surface area (TPSA) is 34.9 Å². The molecule has 3 nitrogen and oxygen atoms in total. The van der Waals surface area contributed by atoms with Gasteiger partial charge in [-0.15, -0.1) is 0 Å². The van der Waals surface area contributed by atoms with Gasteiger partial charge in [-0.1, -0.05) is 0 Å². The van der Waals surface area contributed by atoms with Crippen LogP contribution in [0.25, 0.3) is 0 Å². The number of ketones is 1. The van der Waals surface area contributed by atoms with Crippen molar-refractivity contribution in [1.82, 2.24) is 9.78 Å². The molecular formula is C7H6BrF3N2O. The van der Waals surface area contributed by atoms with Gasteiger partial charge in [-0.05, 0) is 15.9 Å². The quantitative estimate of drug-likeness (QED) is 0.735. The summed E-state index contributed by atoms with van der Waals surface area (Å²) in [5.74, 6) is -0.470. The van der Waals surface area contributed by atoms with E-state index >= 15 is 0 Å². The normalized spacial score (nSPS) is 11.9. The lowest BCUT2D eigenvalue weighted by Crippen LogP contribution is -2.07. The summed E-state index contributed by atoms with van der Waals surface area (Å²) in [4.78, 5) is 11.0. The van der Waals surface area contributed by atoms with Crippen LogP contribution < -0.4 is 0 Å². The molecule has 0 radical (unpaired) electrons. The van der Waals surface area contributed by atoms with Crippen molar-refractivity contribution >= 4 is 21.7 Å². The maximum Gasteiger partial charge on any atom is 0.436 e. The van der Waals surface area contributed by atoms with Gasteiger partial charge in [0.05, 0.1) is 4.47 Å². The molecule has 14 heavy (non-hydrogen) atoms. The molecule has 0 saturated carbocycles. The number of alkyl halides is 3. The molecule has 1 aromatic heterocycles. The van der Waals surface area contributed by atoms with Gasteiger partial charge < -0.3 is 0 Å². The highest BCUT2D eigenvalue weighted by Gasteiger charge is 2.38. The molecule has 1 heterocycles. The Morgan fingerprint density at radius 3 is 2.21 bits per heavy atom. The number of Topliss-reactive ketones (excluding diaryl/α,β-unsaturated/α-hetero) is 1. The van der Waals surface area contributed by atoms with Crippen LogP contribution >= 0.6 is 15.9 Å². The number of hydrogen-bond acceptors (Lipinski definition) is 2. The molecule has 7 heteroatoms. The van der Waals surface area contributed by atoms with E-state index < -0.39 is 17.7 Å². The Kier molecular flexibility index (Phi) is 2.71. The number of nitrogens with zero attached hydrogens (tertiary/aromatic N) is 2. The molecule has 0 unspecified atom stereocenters. The van der Waals surface area contributed by atoms with Crippen LogP contribution in [0.15, 0.2) is 4.47 Å². The van der Waals surface area contributed by atoms with Crippen LogP contribution in [0.4, 0.5) is 13.2 Å². The molecule has 0 atom stereocenters. The lowest BCUT2D eigenvalue weighted by Gasteiger charge is -2.01. The number of rotatable bonds is 1. The molecule has 1 aromatic rings. The predicted molar refractivity (Wildman–Crippen MR) is 45.9 cm³/mol. The molecule has 0 aliphatic carbocycles. The minimum absolute atomic E-state index is 0.0858. The molecule has 0 fully saturated rings. The first-order valence-electron chi connectivity index (χ1n) is 3.55. The minimum Gasteiger partial charge on any atom is -0.293 e. The molecule has 0 amide bonds. The first-order chi connectivity index (χ1) is 6.25. The molecule has 0 aromatic carbocycles. The van der Waals surface area contributed by atoms with Gasteiger partial charge in [0.1, 0.15) is 5.69 Å². The second-order valence-corrected chi connectivity index (χ2v) is 3.48. The van der Waals surface area contributed by atoms with Crippen molar-refractivity contribution in [2.75, 3.05) is 0 Å². The van der Waals surface area contributed by atoms with Crippen molar-refractivity contribution in [2.24, 2.45) is 7.05 Å². The van der Waals surface area contributed by atoms with Gasteiger partial charge in [-0.2, -0.15) is 18.3 Å². The second-order valence-electron chi connectivity index (χ2n) is 2.69. The molecular weight excluding hydrogens is 265 g/mol. The number of aromatic nitrogens is 2. The zero-order valence-corrected chi connectivity index (χ0v) is 8.90. The summed E-state index contributed by atoms with van der Waals surface area (Å²) in [6, 6.07) is 0. The maximum atomic E-state index is 12.3. The van der Waals surface area contributed by atoms with Gasteiger partial charge in [0.2, 0.25) is 0 Å². The molecule has 1 rings (SSSR count). The number of hydrogen-bond donors (Lipinski definition) is 0. The van der Waals surface area contributed by atoms with Crippen LogP contribution in [0.1, 0.15) is 23.1 Å². The Balaban J connectivity index is 3.39. The van der Waals surface area contributed by atoms with E-state index in [9.17, 15) is 18.0 Å². The molecule has 0 spiro atoms. The number of carbonyl (C=O) groups excluding carboxylic acids is 1. The summed E-state index contributed by atoms with van der Waals surface area (Å²) in [5.41, 5.74) is -1.16. The smallest absolute Gasteiger partial charge is 0.293 e. The molecule has 0 aliphatic heterocycles. The maximum absolute atomic E-state index is 12.3. The first-order valence-corrected chi connectivity index (χ1v) is 4.35. The number of carbonyl (C=O) groups is 1. The summed E-state index contributed by atoms with van der Waals surface area (Å²) in [6.07, 6.45) is -4.55. The van der Waals surface area contributed by atoms with Crippen molar-refractivity contribution in [3.05, 3.63) is 15.9 Å². The van der Waals surface area contributed by atoms with Crippen molar-refractivity contribution in [3.8, 4) is 0 Å². The Labute approximate surface area is 86.0 Å². The summed E-state index contributed by atoms with van der Waals surface area (Å²) >= 11 is 2.71. The number of halogens is 4. The highest BCUT2D eigenvalue weighted by Crippen LogP contribution is 2.35. The Morgan fingerprint density at radius 1 is 1.50 bits per heavy atom. The average molecular weight is 271 g/mol. The lowest BCUT2D eigenvalue weighted by atomic mass is 10.3. The minimum atomic E-state index is -4.55. The highest BCUT2D eigenvalue weighted by atomic mass is 79.9. The van der Waals surface area contributed by atoms with Crippen molar-refractivity contribution in [2.45, 2.75) is 13.1 Å². The van der Waals surface area contributed by atoms with E-state index in [0.29, 0.717) is 0 Å². The van der Waals surface area contributed by atoms with Gasteiger partial charge in [-0.25, -0.2) is 0 Å². The second kappa shape index (κ2) is 3.38. The Morgan fingerprint density at radius 2 is 2.00 bits per heavy atom. The van der Waals surface area contributed by atoms with E-state index in [1.165, 1.54) is 14.0 Å². The van der Waals surface area contributed by atoms with Gasteiger partial charge in [0.25, 0.3) is 0 Å². The summed E-state index contributed by atoms with van der Waals surface area (Å²) in [5, 5.41) is 3.23. The third-order valence-corrected chi connectivity index (χ3v) is 2.34. The van der Waals surface area contributed by atoms with Crippen molar-refractivity contribution in [3.63, 3.8) is 0 Å². The SMILES string of the molecule is CC(=O)c1c(Br)c(C(F)(F)F)nn1C. The van der Waals surface area contributed by atoms with E-state index in [1.54, 1.807) is 0 Å². The average Bonchev–Trinajstić information content (AvgIpc) is 2.24. The van der Waals surface area contributed by atoms with Gasteiger partial charge >= 0.3 is 6.18 Å². The molecule has 0 aliphatic rings. The fourth-order valence-electron chi connectivity index (χ4n) is 1.06. The Bertz CT molecular complexity index is 383. The van der Waals surface area contributed by atoms with Crippen LogP contribution in [0, 0.1) is 0 Å². The summed E-state index contributed by atoms with van der Waals surface area (Å²) < 4.78 is 37.5. The van der Waals surface area contributed by atoms with Crippen LogP contribution in [0.3, 0.4) is 0 Å². The van der Waals surface area contributed by atoms with Crippen molar-refractivity contribution < 1.29 is 18.0 Å². The van der Waals surface area contributed by atoms with Crippen molar-refractivity contribution in [1.29, 1.82) is 0 Å². The Hall–Kier alpha value is -0.850. The third kappa shape index (κ3) is 1.82.